The predicted octanol–water partition coefficient (Wildman–Crippen LogP) is 3.84. The average molecular weight is 292 g/mol. The molecule has 2 atom stereocenters. The largest absolute Gasteiger partial charge is 0.376 e. The van der Waals surface area contributed by atoms with Crippen LogP contribution in [-0.2, 0) is 11.2 Å². The van der Waals surface area contributed by atoms with Gasteiger partial charge in [-0.25, -0.2) is 0 Å². The Bertz CT molecular complexity index is 423. The Labute approximate surface area is 130 Å². The number of hydrogen-bond acceptors (Lipinski definition) is 3. The SMILES string of the molecule is CCOC(C(NN)c1cccc(CC(C)C)c1)C(C)(C)C. The van der Waals surface area contributed by atoms with Crippen molar-refractivity contribution in [1.29, 1.82) is 0 Å². The quantitative estimate of drug-likeness (QED) is 0.593. The molecule has 21 heavy (non-hydrogen) atoms. The molecule has 0 aliphatic carbocycles. The Morgan fingerprint density at radius 1 is 1.24 bits per heavy atom. The van der Waals surface area contributed by atoms with E-state index >= 15 is 0 Å². The maximum Gasteiger partial charge on any atom is 0.0830 e. The first-order valence-corrected chi connectivity index (χ1v) is 7.96. The predicted molar refractivity (Wildman–Crippen MR) is 89.9 cm³/mol. The molecule has 0 aliphatic rings. The molecule has 0 saturated heterocycles. The molecular weight excluding hydrogens is 260 g/mol. The lowest BCUT2D eigenvalue weighted by Crippen LogP contribution is -2.44. The Hall–Kier alpha value is -0.900. The van der Waals surface area contributed by atoms with Crippen molar-refractivity contribution in [3.05, 3.63) is 35.4 Å². The fraction of sp³-hybridized carbons (Fsp3) is 0.667. The van der Waals surface area contributed by atoms with Crippen molar-refractivity contribution >= 4 is 0 Å². The molecule has 0 aliphatic heterocycles. The summed E-state index contributed by atoms with van der Waals surface area (Å²) in [6.45, 7) is 13.8. The van der Waals surface area contributed by atoms with Gasteiger partial charge in [0.25, 0.3) is 0 Å². The summed E-state index contributed by atoms with van der Waals surface area (Å²) in [5.41, 5.74) is 5.53. The van der Waals surface area contributed by atoms with E-state index in [1.165, 1.54) is 11.1 Å². The summed E-state index contributed by atoms with van der Waals surface area (Å²) in [6.07, 6.45) is 1.11. The second kappa shape index (κ2) is 7.92. The molecule has 0 bridgehead atoms. The molecule has 0 fully saturated rings. The molecule has 2 unspecified atom stereocenters. The minimum absolute atomic E-state index is 0.00272. The van der Waals surface area contributed by atoms with Crippen molar-refractivity contribution < 1.29 is 4.74 Å². The zero-order valence-corrected chi connectivity index (χ0v) is 14.4. The van der Waals surface area contributed by atoms with Crippen LogP contribution in [0.2, 0.25) is 0 Å². The summed E-state index contributed by atoms with van der Waals surface area (Å²) in [4.78, 5) is 0. The molecule has 3 N–H and O–H groups in total. The van der Waals surface area contributed by atoms with E-state index in [2.05, 4.69) is 64.3 Å². The van der Waals surface area contributed by atoms with Crippen molar-refractivity contribution in [2.24, 2.45) is 17.2 Å². The number of ether oxygens (including phenoxy) is 1. The molecule has 0 heterocycles. The van der Waals surface area contributed by atoms with Gasteiger partial charge in [0.1, 0.15) is 0 Å². The zero-order chi connectivity index (χ0) is 16.0. The van der Waals surface area contributed by atoms with Crippen LogP contribution in [0.1, 0.15) is 58.7 Å². The lowest BCUT2D eigenvalue weighted by atomic mass is 9.81. The van der Waals surface area contributed by atoms with Crippen LogP contribution in [0.15, 0.2) is 24.3 Å². The van der Waals surface area contributed by atoms with E-state index in [4.69, 9.17) is 10.6 Å². The molecule has 0 saturated carbocycles. The van der Waals surface area contributed by atoms with Crippen LogP contribution >= 0.6 is 0 Å². The van der Waals surface area contributed by atoms with Gasteiger partial charge in [-0.2, -0.15) is 0 Å². The Morgan fingerprint density at radius 2 is 1.90 bits per heavy atom. The second-order valence-electron chi connectivity index (χ2n) is 7.23. The molecule has 1 aromatic carbocycles. The third kappa shape index (κ3) is 5.42. The fourth-order valence-corrected chi connectivity index (χ4v) is 2.77. The number of hydrazine groups is 1. The van der Waals surface area contributed by atoms with E-state index in [0.29, 0.717) is 12.5 Å². The van der Waals surface area contributed by atoms with Gasteiger partial charge in [0.05, 0.1) is 12.1 Å². The van der Waals surface area contributed by atoms with Gasteiger partial charge >= 0.3 is 0 Å². The smallest absolute Gasteiger partial charge is 0.0830 e. The number of rotatable bonds is 7. The minimum atomic E-state index is -0.00272. The van der Waals surface area contributed by atoms with E-state index in [1.54, 1.807) is 0 Å². The number of benzene rings is 1. The van der Waals surface area contributed by atoms with Crippen LogP contribution in [-0.4, -0.2) is 12.7 Å². The molecule has 3 nitrogen and oxygen atoms in total. The topological polar surface area (TPSA) is 47.3 Å². The summed E-state index contributed by atoms with van der Waals surface area (Å²) in [6, 6.07) is 8.68. The summed E-state index contributed by atoms with van der Waals surface area (Å²) in [7, 11) is 0. The van der Waals surface area contributed by atoms with Gasteiger partial charge in [0.15, 0.2) is 0 Å². The maximum atomic E-state index is 5.99. The van der Waals surface area contributed by atoms with Gasteiger partial charge in [0, 0.05) is 6.61 Å². The number of nitrogens with one attached hydrogen (secondary N) is 1. The van der Waals surface area contributed by atoms with Crippen LogP contribution in [0.4, 0.5) is 0 Å². The van der Waals surface area contributed by atoms with Crippen molar-refractivity contribution in [2.75, 3.05) is 6.61 Å². The molecule has 0 aromatic heterocycles. The summed E-state index contributed by atoms with van der Waals surface area (Å²) < 4.78 is 5.99. The van der Waals surface area contributed by atoms with E-state index < -0.39 is 0 Å². The highest BCUT2D eigenvalue weighted by atomic mass is 16.5. The lowest BCUT2D eigenvalue weighted by molar-refractivity contribution is -0.0366. The van der Waals surface area contributed by atoms with Crippen LogP contribution in [0, 0.1) is 11.3 Å². The van der Waals surface area contributed by atoms with Crippen molar-refractivity contribution in [3.63, 3.8) is 0 Å². The molecular formula is C18H32N2O. The van der Waals surface area contributed by atoms with Crippen molar-refractivity contribution in [3.8, 4) is 0 Å². The van der Waals surface area contributed by atoms with Gasteiger partial charge in [-0.3, -0.25) is 11.3 Å². The van der Waals surface area contributed by atoms with E-state index in [0.717, 1.165) is 6.42 Å². The maximum absolute atomic E-state index is 5.99. The highest BCUT2D eigenvalue weighted by Gasteiger charge is 2.33. The molecule has 1 rings (SSSR count). The van der Waals surface area contributed by atoms with Gasteiger partial charge < -0.3 is 4.74 Å². The molecule has 0 radical (unpaired) electrons. The fourth-order valence-electron chi connectivity index (χ4n) is 2.77. The first kappa shape index (κ1) is 18.1. The van der Waals surface area contributed by atoms with E-state index in [9.17, 15) is 0 Å². The van der Waals surface area contributed by atoms with E-state index in [-0.39, 0.29) is 17.6 Å². The lowest BCUT2D eigenvalue weighted by Gasteiger charge is -2.36. The second-order valence-corrected chi connectivity index (χ2v) is 7.23. The monoisotopic (exact) mass is 292 g/mol. The zero-order valence-electron chi connectivity index (χ0n) is 14.4. The van der Waals surface area contributed by atoms with Crippen LogP contribution in [0.3, 0.4) is 0 Å². The van der Waals surface area contributed by atoms with Gasteiger partial charge in [0.2, 0.25) is 0 Å². The van der Waals surface area contributed by atoms with Crippen molar-refractivity contribution in [2.45, 2.75) is 60.1 Å². The van der Waals surface area contributed by atoms with Gasteiger partial charge in [-0.05, 0) is 35.8 Å². The molecule has 120 valence electrons. The Morgan fingerprint density at radius 3 is 2.38 bits per heavy atom. The Kier molecular flexibility index (Phi) is 6.85. The number of hydrogen-bond donors (Lipinski definition) is 2. The molecule has 3 heteroatoms. The molecule has 1 aromatic rings. The summed E-state index contributed by atoms with van der Waals surface area (Å²) in [5.74, 6) is 6.50. The highest BCUT2D eigenvalue weighted by Crippen LogP contribution is 2.33. The third-order valence-electron chi connectivity index (χ3n) is 3.64. The Balaban J connectivity index is 3.07. The van der Waals surface area contributed by atoms with Crippen LogP contribution < -0.4 is 11.3 Å². The highest BCUT2D eigenvalue weighted by molar-refractivity contribution is 5.27. The molecule has 0 amide bonds. The normalized spacial score (nSPS) is 15.2. The van der Waals surface area contributed by atoms with Gasteiger partial charge in [-0.15, -0.1) is 0 Å². The number of nitrogens with two attached hydrogens (primary N) is 1. The first-order valence-electron chi connectivity index (χ1n) is 7.96. The summed E-state index contributed by atoms with van der Waals surface area (Å²) >= 11 is 0. The van der Waals surface area contributed by atoms with Gasteiger partial charge in [-0.1, -0.05) is 58.9 Å². The average Bonchev–Trinajstić information content (AvgIpc) is 2.37. The van der Waals surface area contributed by atoms with Crippen LogP contribution in [0.25, 0.3) is 0 Å². The standard InChI is InChI=1S/C18H32N2O/c1-7-21-17(18(4,5)6)16(20-19)15-10-8-9-14(12-15)11-13(2)3/h8-10,12-13,16-17,20H,7,11,19H2,1-6H3. The third-order valence-corrected chi connectivity index (χ3v) is 3.64. The van der Waals surface area contributed by atoms with Crippen LogP contribution in [0.5, 0.6) is 0 Å². The summed E-state index contributed by atoms with van der Waals surface area (Å²) in [5, 5.41) is 0. The van der Waals surface area contributed by atoms with Crippen molar-refractivity contribution in [1.82, 2.24) is 5.43 Å². The minimum Gasteiger partial charge on any atom is -0.376 e. The van der Waals surface area contributed by atoms with E-state index in [1.807, 2.05) is 6.92 Å². The molecule has 0 spiro atoms. The first-order chi connectivity index (χ1) is 9.79.